The van der Waals surface area contributed by atoms with Crippen molar-refractivity contribution in [3.05, 3.63) is 41.5 Å². The Morgan fingerprint density at radius 3 is 2.90 bits per heavy atom. The molecule has 1 saturated heterocycles. The summed E-state index contributed by atoms with van der Waals surface area (Å²) in [5.41, 5.74) is 2.13. The second-order valence-corrected chi connectivity index (χ2v) is 5.67. The molecule has 114 valence electrons. The molecule has 0 unspecified atom stereocenters. The third-order valence-corrected chi connectivity index (χ3v) is 3.73. The minimum absolute atomic E-state index is 0.721. The van der Waals surface area contributed by atoms with Crippen LogP contribution in [0.2, 0.25) is 0 Å². The fraction of sp³-hybridized carbons (Fsp3) is 0.471. The SMILES string of the molecule is CN(Cc1cccc(C=CC(=O)O)c1)CC1CCOCC1. The predicted octanol–water partition coefficient (Wildman–Crippen LogP) is 2.64. The Morgan fingerprint density at radius 2 is 2.19 bits per heavy atom. The number of carbonyl (C=O) groups is 1. The van der Waals surface area contributed by atoms with Crippen LogP contribution < -0.4 is 0 Å². The molecular formula is C17H23NO3. The zero-order valence-corrected chi connectivity index (χ0v) is 12.5. The highest BCUT2D eigenvalue weighted by molar-refractivity contribution is 5.85. The second-order valence-electron chi connectivity index (χ2n) is 5.67. The quantitative estimate of drug-likeness (QED) is 0.818. The van der Waals surface area contributed by atoms with Crippen molar-refractivity contribution in [3.63, 3.8) is 0 Å². The van der Waals surface area contributed by atoms with Crippen molar-refractivity contribution < 1.29 is 14.6 Å². The van der Waals surface area contributed by atoms with Crippen LogP contribution in [-0.4, -0.2) is 42.8 Å². The van der Waals surface area contributed by atoms with Crippen molar-refractivity contribution in [2.45, 2.75) is 19.4 Å². The number of benzene rings is 1. The third-order valence-electron chi connectivity index (χ3n) is 3.73. The predicted molar refractivity (Wildman–Crippen MR) is 83.0 cm³/mol. The Labute approximate surface area is 126 Å². The Morgan fingerprint density at radius 1 is 1.43 bits per heavy atom. The maximum absolute atomic E-state index is 10.6. The van der Waals surface area contributed by atoms with E-state index in [0.717, 1.165) is 50.6 Å². The molecule has 4 heteroatoms. The molecule has 1 aromatic rings. The van der Waals surface area contributed by atoms with Crippen LogP contribution >= 0.6 is 0 Å². The fourth-order valence-corrected chi connectivity index (χ4v) is 2.71. The minimum Gasteiger partial charge on any atom is -0.478 e. The number of hydrogen-bond acceptors (Lipinski definition) is 3. The summed E-state index contributed by atoms with van der Waals surface area (Å²) in [7, 11) is 2.13. The van der Waals surface area contributed by atoms with E-state index in [4.69, 9.17) is 9.84 Å². The zero-order valence-electron chi connectivity index (χ0n) is 12.5. The highest BCUT2D eigenvalue weighted by atomic mass is 16.5. The molecule has 1 N–H and O–H groups in total. The van der Waals surface area contributed by atoms with Crippen LogP contribution in [0.3, 0.4) is 0 Å². The molecule has 1 fully saturated rings. The number of hydrogen-bond donors (Lipinski definition) is 1. The van der Waals surface area contributed by atoms with Crippen molar-refractivity contribution >= 4 is 12.0 Å². The van der Waals surface area contributed by atoms with Gasteiger partial charge < -0.3 is 14.7 Å². The highest BCUT2D eigenvalue weighted by Crippen LogP contribution is 2.17. The van der Waals surface area contributed by atoms with Crippen LogP contribution in [0, 0.1) is 5.92 Å². The molecule has 0 bridgehead atoms. The largest absolute Gasteiger partial charge is 0.478 e. The van der Waals surface area contributed by atoms with Gasteiger partial charge in [-0.3, -0.25) is 0 Å². The number of carboxylic acids is 1. The molecule has 0 saturated carbocycles. The van der Waals surface area contributed by atoms with E-state index in [9.17, 15) is 4.79 Å². The second kappa shape index (κ2) is 7.96. The lowest BCUT2D eigenvalue weighted by Gasteiger charge is -2.27. The average molecular weight is 289 g/mol. The van der Waals surface area contributed by atoms with Gasteiger partial charge in [0.25, 0.3) is 0 Å². The Bertz CT molecular complexity index is 493. The maximum Gasteiger partial charge on any atom is 0.328 e. The van der Waals surface area contributed by atoms with E-state index in [1.807, 2.05) is 18.2 Å². The van der Waals surface area contributed by atoms with E-state index in [1.165, 1.54) is 11.6 Å². The number of rotatable bonds is 6. The summed E-state index contributed by atoms with van der Waals surface area (Å²) >= 11 is 0. The lowest BCUT2D eigenvalue weighted by molar-refractivity contribution is -0.131. The first kappa shape index (κ1) is 15.7. The summed E-state index contributed by atoms with van der Waals surface area (Å²) in [6.07, 6.45) is 5.09. The minimum atomic E-state index is -0.919. The lowest BCUT2D eigenvalue weighted by Crippen LogP contribution is -2.29. The van der Waals surface area contributed by atoms with Gasteiger partial charge >= 0.3 is 5.97 Å². The standard InChI is InChI=1S/C17H23NO3/c1-18(12-15-7-9-21-10-8-15)13-16-4-2-3-14(11-16)5-6-17(19)20/h2-6,11,15H,7-10,12-13H2,1H3,(H,19,20). The van der Waals surface area contributed by atoms with Crippen LogP contribution in [0.1, 0.15) is 24.0 Å². The Balaban J connectivity index is 1.89. The van der Waals surface area contributed by atoms with Gasteiger partial charge in [-0.2, -0.15) is 0 Å². The third kappa shape index (κ3) is 5.69. The van der Waals surface area contributed by atoms with E-state index in [1.54, 1.807) is 6.08 Å². The first-order chi connectivity index (χ1) is 10.1. The van der Waals surface area contributed by atoms with Gasteiger partial charge in [0.1, 0.15) is 0 Å². The van der Waals surface area contributed by atoms with Gasteiger partial charge in [-0.25, -0.2) is 4.79 Å². The molecule has 0 radical (unpaired) electrons. The monoisotopic (exact) mass is 289 g/mol. The highest BCUT2D eigenvalue weighted by Gasteiger charge is 2.15. The molecule has 1 aliphatic rings. The molecule has 1 aliphatic heterocycles. The van der Waals surface area contributed by atoms with Gasteiger partial charge in [0, 0.05) is 32.4 Å². The van der Waals surface area contributed by atoms with Crippen LogP contribution in [0.25, 0.3) is 6.08 Å². The van der Waals surface area contributed by atoms with Crippen molar-refractivity contribution in [2.24, 2.45) is 5.92 Å². The number of nitrogens with zero attached hydrogens (tertiary/aromatic N) is 1. The van der Waals surface area contributed by atoms with Crippen molar-refractivity contribution in [1.29, 1.82) is 0 Å². The molecule has 1 heterocycles. The van der Waals surface area contributed by atoms with Gasteiger partial charge in [0.15, 0.2) is 0 Å². The lowest BCUT2D eigenvalue weighted by atomic mass is 9.99. The van der Waals surface area contributed by atoms with E-state index < -0.39 is 5.97 Å². The number of carboxylic acid groups (broad SMARTS) is 1. The fourth-order valence-electron chi connectivity index (χ4n) is 2.71. The summed E-state index contributed by atoms with van der Waals surface area (Å²) in [4.78, 5) is 12.9. The molecule has 2 rings (SSSR count). The summed E-state index contributed by atoms with van der Waals surface area (Å²) in [5, 5.41) is 8.67. The molecule has 0 amide bonds. The summed E-state index contributed by atoms with van der Waals surface area (Å²) in [5.74, 6) is -0.198. The topological polar surface area (TPSA) is 49.8 Å². The van der Waals surface area contributed by atoms with Crippen LogP contribution in [0.4, 0.5) is 0 Å². The first-order valence-electron chi connectivity index (χ1n) is 7.40. The van der Waals surface area contributed by atoms with Gasteiger partial charge in [0.2, 0.25) is 0 Å². The van der Waals surface area contributed by atoms with E-state index in [-0.39, 0.29) is 0 Å². The smallest absolute Gasteiger partial charge is 0.328 e. The van der Waals surface area contributed by atoms with Gasteiger partial charge in [0.05, 0.1) is 0 Å². The van der Waals surface area contributed by atoms with E-state index >= 15 is 0 Å². The molecule has 0 aromatic heterocycles. The van der Waals surface area contributed by atoms with E-state index in [2.05, 4.69) is 18.0 Å². The number of ether oxygens (including phenoxy) is 1. The zero-order chi connectivity index (χ0) is 15.1. The van der Waals surface area contributed by atoms with Gasteiger partial charge in [-0.15, -0.1) is 0 Å². The van der Waals surface area contributed by atoms with Gasteiger partial charge in [-0.1, -0.05) is 24.3 Å². The molecular weight excluding hydrogens is 266 g/mol. The normalized spacial score (nSPS) is 16.7. The van der Waals surface area contributed by atoms with Crippen molar-refractivity contribution in [3.8, 4) is 0 Å². The molecule has 4 nitrogen and oxygen atoms in total. The number of aliphatic carboxylic acids is 1. The summed E-state index contributed by atoms with van der Waals surface area (Å²) in [6, 6.07) is 8.01. The molecule has 1 aromatic carbocycles. The van der Waals surface area contributed by atoms with Crippen molar-refractivity contribution in [2.75, 3.05) is 26.8 Å². The average Bonchev–Trinajstić information content (AvgIpc) is 2.46. The van der Waals surface area contributed by atoms with E-state index in [0.29, 0.717) is 0 Å². The first-order valence-corrected chi connectivity index (χ1v) is 7.40. The maximum atomic E-state index is 10.6. The molecule has 0 aliphatic carbocycles. The Hall–Kier alpha value is -1.65. The van der Waals surface area contributed by atoms with Crippen molar-refractivity contribution in [1.82, 2.24) is 4.90 Å². The molecule has 0 atom stereocenters. The molecule has 21 heavy (non-hydrogen) atoms. The van der Waals surface area contributed by atoms with Crippen LogP contribution in [-0.2, 0) is 16.1 Å². The Kier molecular flexibility index (Phi) is 5.96. The summed E-state index contributed by atoms with van der Waals surface area (Å²) in [6.45, 7) is 3.73. The summed E-state index contributed by atoms with van der Waals surface area (Å²) < 4.78 is 5.39. The van der Waals surface area contributed by atoms with Crippen LogP contribution in [0.15, 0.2) is 30.3 Å². The van der Waals surface area contributed by atoms with Crippen LogP contribution in [0.5, 0.6) is 0 Å². The van der Waals surface area contributed by atoms with Gasteiger partial charge in [-0.05, 0) is 43.0 Å². The molecule has 0 spiro atoms.